The summed E-state index contributed by atoms with van der Waals surface area (Å²) in [6.07, 6.45) is 9.86. The smallest absolute Gasteiger partial charge is 0.257 e. The van der Waals surface area contributed by atoms with Gasteiger partial charge in [0.15, 0.2) is 0 Å². The van der Waals surface area contributed by atoms with Crippen molar-refractivity contribution in [3.05, 3.63) is 47.3 Å². The lowest BCUT2D eigenvalue weighted by molar-refractivity contribution is 0.0733. The van der Waals surface area contributed by atoms with Crippen molar-refractivity contribution in [3.63, 3.8) is 0 Å². The van der Waals surface area contributed by atoms with Crippen LogP contribution in [0.1, 0.15) is 78.5 Å². The van der Waals surface area contributed by atoms with Crippen LogP contribution in [0.15, 0.2) is 30.5 Å². The molecule has 1 atom stereocenters. The topological polar surface area (TPSA) is 58.2 Å². The molecule has 2 aliphatic rings. The van der Waals surface area contributed by atoms with E-state index >= 15 is 0 Å². The Morgan fingerprint density at radius 3 is 2.85 bits per heavy atom. The van der Waals surface area contributed by atoms with Crippen molar-refractivity contribution in [2.75, 3.05) is 13.7 Å². The molecule has 1 aliphatic carbocycles. The molecule has 0 spiro atoms. The fraction of sp³-hybridized carbons (Fsp3) is 0.524. The fourth-order valence-electron chi connectivity index (χ4n) is 4.53. The maximum Gasteiger partial charge on any atom is 0.257 e. The van der Waals surface area contributed by atoms with Gasteiger partial charge >= 0.3 is 0 Å². The Morgan fingerprint density at radius 2 is 2.04 bits per heavy atom. The Hall–Kier alpha value is -2.30. The van der Waals surface area contributed by atoms with Crippen molar-refractivity contribution < 1.29 is 9.53 Å². The maximum absolute atomic E-state index is 13.3. The van der Waals surface area contributed by atoms with Crippen LogP contribution in [0.2, 0.25) is 0 Å². The first kappa shape index (κ1) is 17.1. The van der Waals surface area contributed by atoms with Crippen LogP contribution in [-0.4, -0.2) is 34.7 Å². The predicted octanol–water partition coefficient (Wildman–Crippen LogP) is 4.44. The number of carbonyl (C=O) groups is 1. The highest BCUT2D eigenvalue weighted by molar-refractivity contribution is 5.95. The van der Waals surface area contributed by atoms with Gasteiger partial charge in [-0.2, -0.15) is 5.10 Å². The first-order valence-electron chi connectivity index (χ1n) is 9.76. The summed E-state index contributed by atoms with van der Waals surface area (Å²) in [6, 6.07) is 8.21. The fourth-order valence-corrected chi connectivity index (χ4v) is 4.53. The van der Waals surface area contributed by atoms with E-state index in [1.165, 1.54) is 19.3 Å². The van der Waals surface area contributed by atoms with Gasteiger partial charge in [0.2, 0.25) is 0 Å². The van der Waals surface area contributed by atoms with Crippen LogP contribution in [-0.2, 0) is 0 Å². The van der Waals surface area contributed by atoms with E-state index in [0.717, 1.165) is 54.8 Å². The molecule has 138 valence electrons. The number of nitrogens with zero attached hydrogens (tertiary/aromatic N) is 2. The van der Waals surface area contributed by atoms with E-state index in [1.54, 1.807) is 13.3 Å². The Labute approximate surface area is 154 Å². The number of methoxy groups -OCH3 is 1. The van der Waals surface area contributed by atoms with Crippen LogP contribution in [0.3, 0.4) is 0 Å². The number of carbonyl (C=O) groups excluding carboxylic acids is 1. The Morgan fingerprint density at radius 1 is 1.19 bits per heavy atom. The van der Waals surface area contributed by atoms with Crippen molar-refractivity contribution in [1.29, 1.82) is 0 Å². The molecular formula is C21H27N3O2. The number of hydrogen-bond donors (Lipinski definition) is 1. The van der Waals surface area contributed by atoms with Crippen molar-refractivity contribution in [2.24, 2.45) is 0 Å². The van der Waals surface area contributed by atoms with Gasteiger partial charge in [-0.15, -0.1) is 0 Å². The molecule has 0 radical (unpaired) electrons. The van der Waals surface area contributed by atoms with Crippen molar-refractivity contribution >= 4 is 5.91 Å². The van der Waals surface area contributed by atoms with Gasteiger partial charge in [-0.3, -0.25) is 9.89 Å². The minimum atomic E-state index is 0.115. The molecule has 1 N–H and O–H groups in total. The van der Waals surface area contributed by atoms with Crippen LogP contribution >= 0.6 is 0 Å². The summed E-state index contributed by atoms with van der Waals surface area (Å²) in [6.45, 7) is 0.802. The first-order chi connectivity index (χ1) is 12.8. The number of aromatic amines is 1. The molecule has 2 fully saturated rings. The zero-order valence-corrected chi connectivity index (χ0v) is 15.4. The molecule has 0 bridgehead atoms. The second-order valence-corrected chi connectivity index (χ2v) is 7.47. The standard InChI is InChI=1S/C21H27N3O2/c1-26-17-10-5-9-16(13-17)19-11-6-12-24(19)21(25)18-14-22-23-20(18)15-7-3-2-4-8-15/h5,9-10,13-15,19H,2-4,6-8,11-12H2,1H3,(H,22,23)/t19-/m0/s1. The second-order valence-electron chi connectivity index (χ2n) is 7.47. The van der Waals surface area contributed by atoms with Gasteiger partial charge in [-0.05, 0) is 43.4 Å². The minimum Gasteiger partial charge on any atom is -0.497 e. The van der Waals surface area contributed by atoms with Crippen molar-refractivity contribution in [1.82, 2.24) is 15.1 Å². The molecule has 26 heavy (non-hydrogen) atoms. The number of benzene rings is 1. The highest BCUT2D eigenvalue weighted by Gasteiger charge is 2.33. The number of hydrogen-bond acceptors (Lipinski definition) is 3. The van der Waals surface area contributed by atoms with E-state index in [0.29, 0.717) is 5.92 Å². The third kappa shape index (κ3) is 3.22. The summed E-state index contributed by atoms with van der Waals surface area (Å²) in [5.41, 5.74) is 2.97. The monoisotopic (exact) mass is 353 g/mol. The Kier molecular flexibility index (Phi) is 4.96. The normalized spacial score (nSPS) is 21.1. The largest absolute Gasteiger partial charge is 0.497 e. The van der Waals surface area contributed by atoms with E-state index in [-0.39, 0.29) is 11.9 Å². The van der Waals surface area contributed by atoms with E-state index in [4.69, 9.17) is 4.74 Å². The van der Waals surface area contributed by atoms with Crippen molar-refractivity contribution in [2.45, 2.75) is 56.9 Å². The predicted molar refractivity (Wildman–Crippen MR) is 100 cm³/mol. The average molecular weight is 353 g/mol. The van der Waals surface area contributed by atoms with Crippen LogP contribution in [0.4, 0.5) is 0 Å². The van der Waals surface area contributed by atoms with Crippen LogP contribution in [0.5, 0.6) is 5.75 Å². The highest BCUT2D eigenvalue weighted by Crippen LogP contribution is 2.37. The summed E-state index contributed by atoms with van der Waals surface area (Å²) < 4.78 is 5.36. The van der Waals surface area contributed by atoms with Gasteiger partial charge in [0, 0.05) is 12.5 Å². The van der Waals surface area contributed by atoms with E-state index in [1.807, 2.05) is 23.1 Å². The summed E-state index contributed by atoms with van der Waals surface area (Å²) in [4.78, 5) is 15.4. The van der Waals surface area contributed by atoms with Gasteiger partial charge in [0.1, 0.15) is 5.75 Å². The molecule has 1 saturated carbocycles. The number of ether oxygens (including phenoxy) is 1. The summed E-state index contributed by atoms with van der Waals surface area (Å²) in [5, 5.41) is 7.36. The molecule has 1 aromatic carbocycles. The van der Waals surface area contributed by atoms with Crippen molar-refractivity contribution in [3.8, 4) is 5.75 Å². The Balaban J connectivity index is 1.58. The molecule has 5 nitrogen and oxygen atoms in total. The quantitative estimate of drug-likeness (QED) is 0.884. The van der Waals surface area contributed by atoms with Crippen LogP contribution in [0, 0.1) is 0 Å². The molecule has 2 heterocycles. The van der Waals surface area contributed by atoms with Gasteiger partial charge in [0.05, 0.1) is 30.6 Å². The molecule has 1 amide bonds. The highest BCUT2D eigenvalue weighted by atomic mass is 16.5. The van der Waals surface area contributed by atoms with E-state index in [9.17, 15) is 4.79 Å². The van der Waals surface area contributed by atoms with Crippen LogP contribution < -0.4 is 4.74 Å². The lowest BCUT2D eigenvalue weighted by atomic mass is 9.85. The molecule has 4 rings (SSSR count). The van der Waals surface area contributed by atoms with Gasteiger partial charge in [-0.25, -0.2) is 0 Å². The zero-order chi connectivity index (χ0) is 17.9. The second kappa shape index (κ2) is 7.52. The third-order valence-corrected chi connectivity index (χ3v) is 5.90. The number of rotatable bonds is 4. The molecule has 1 aliphatic heterocycles. The van der Waals surface area contributed by atoms with Gasteiger partial charge in [0.25, 0.3) is 5.91 Å². The minimum absolute atomic E-state index is 0.115. The maximum atomic E-state index is 13.3. The number of nitrogens with one attached hydrogen (secondary N) is 1. The van der Waals surface area contributed by atoms with Gasteiger partial charge in [-0.1, -0.05) is 31.4 Å². The summed E-state index contributed by atoms with van der Waals surface area (Å²) in [5.74, 6) is 1.40. The number of amides is 1. The molecule has 0 unspecified atom stereocenters. The summed E-state index contributed by atoms with van der Waals surface area (Å²) >= 11 is 0. The van der Waals surface area contributed by atoms with Crippen LogP contribution in [0.25, 0.3) is 0 Å². The molecule has 1 saturated heterocycles. The Bertz CT molecular complexity index is 764. The van der Waals surface area contributed by atoms with E-state index in [2.05, 4.69) is 16.3 Å². The molecule has 5 heteroatoms. The first-order valence-corrected chi connectivity index (χ1v) is 9.76. The lowest BCUT2D eigenvalue weighted by Crippen LogP contribution is -2.31. The number of aromatic nitrogens is 2. The average Bonchev–Trinajstić information content (AvgIpc) is 3.38. The number of H-pyrrole nitrogens is 1. The van der Waals surface area contributed by atoms with E-state index < -0.39 is 0 Å². The third-order valence-electron chi connectivity index (χ3n) is 5.90. The zero-order valence-electron chi connectivity index (χ0n) is 15.4. The summed E-state index contributed by atoms with van der Waals surface area (Å²) in [7, 11) is 1.68. The molecule has 2 aromatic rings. The number of likely N-dealkylation sites (tertiary alicyclic amines) is 1. The molecular weight excluding hydrogens is 326 g/mol. The molecule has 1 aromatic heterocycles. The SMILES string of the molecule is COc1cccc([C@@H]2CCCN2C(=O)c2cn[nH]c2C2CCCCC2)c1. The lowest BCUT2D eigenvalue weighted by Gasteiger charge is -2.27. The van der Waals surface area contributed by atoms with Gasteiger partial charge < -0.3 is 9.64 Å².